The third-order valence-corrected chi connectivity index (χ3v) is 5.13. The lowest BCUT2D eigenvalue weighted by molar-refractivity contribution is -0.142. The van der Waals surface area contributed by atoms with Crippen molar-refractivity contribution in [3.05, 3.63) is 48.0 Å². The van der Waals surface area contributed by atoms with E-state index in [0.29, 0.717) is 11.3 Å². The number of carbonyl (C=O) groups excluding carboxylic acids is 3. The van der Waals surface area contributed by atoms with E-state index in [1.54, 1.807) is 12.1 Å². The van der Waals surface area contributed by atoms with Gasteiger partial charge >= 0.3 is 5.97 Å². The first-order valence-electron chi connectivity index (χ1n) is 10.8. The summed E-state index contributed by atoms with van der Waals surface area (Å²) in [5.41, 5.74) is 7.17. The molecule has 0 aliphatic carbocycles. The molecule has 9 N–H and O–H groups in total. The number of benzene rings is 1. The molecule has 0 saturated carbocycles. The number of carbonyl (C=O) groups is 4. The lowest BCUT2D eigenvalue weighted by atomic mass is 10.0. The predicted molar refractivity (Wildman–Crippen MR) is 123 cm³/mol. The molecule has 5 unspecified atom stereocenters. The van der Waals surface area contributed by atoms with Crippen LogP contribution in [-0.4, -0.2) is 79.2 Å². The second kappa shape index (κ2) is 12.5. The van der Waals surface area contributed by atoms with Gasteiger partial charge in [-0.05, 0) is 31.5 Å². The largest absolute Gasteiger partial charge is 0.508 e. The third kappa shape index (κ3) is 8.39. The summed E-state index contributed by atoms with van der Waals surface area (Å²) in [5.74, 6) is -3.63. The van der Waals surface area contributed by atoms with Crippen molar-refractivity contribution < 1.29 is 34.5 Å². The first-order chi connectivity index (χ1) is 16.5. The van der Waals surface area contributed by atoms with E-state index in [0.717, 1.165) is 0 Å². The van der Waals surface area contributed by atoms with Gasteiger partial charge in [-0.25, -0.2) is 4.98 Å². The van der Waals surface area contributed by atoms with Crippen LogP contribution >= 0.6 is 0 Å². The molecule has 13 nitrogen and oxygen atoms in total. The van der Waals surface area contributed by atoms with Crippen LogP contribution in [0.15, 0.2) is 36.8 Å². The van der Waals surface area contributed by atoms with E-state index in [-0.39, 0.29) is 18.6 Å². The molecule has 0 aliphatic heterocycles. The van der Waals surface area contributed by atoms with Crippen LogP contribution in [-0.2, 0) is 32.0 Å². The summed E-state index contributed by atoms with van der Waals surface area (Å²) in [7, 11) is 0. The van der Waals surface area contributed by atoms with Crippen molar-refractivity contribution >= 4 is 23.7 Å². The number of rotatable bonds is 12. The quantitative estimate of drug-likeness (QED) is 0.167. The Bertz CT molecular complexity index is 1010. The zero-order valence-electron chi connectivity index (χ0n) is 19.3. The van der Waals surface area contributed by atoms with Crippen LogP contribution in [0.2, 0.25) is 0 Å². The average Bonchev–Trinajstić information content (AvgIpc) is 3.30. The number of hydrogen-bond acceptors (Lipinski definition) is 8. The smallest absolute Gasteiger partial charge is 0.325 e. The van der Waals surface area contributed by atoms with Crippen molar-refractivity contribution in [2.75, 3.05) is 0 Å². The number of aromatic hydroxyl groups is 1. The van der Waals surface area contributed by atoms with E-state index in [1.807, 2.05) is 0 Å². The standard InChI is InChI=1S/C22H30N6O7/c1-11(22(34)35)26-21(33)18(12(2)29)28-20(32)17(7-13-3-5-15(30)6-4-13)27-19(31)16(23)8-14-9-24-10-25-14/h3-6,9-12,16-18,29-30H,7-8,23H2,1-2H3,(H,24,25)(H,26,33)(H,27,31)(H,28,32)(H,34,35). The Hall–Kier alpha value is -3.97. The van der Waals surface area contributed by atoms with Gasteiger partial charge in [0.2, 0.25) is 17.7 Å². The molecule has 5 atom stereocenters. The highest BCUT2D eigenvalue weighted by atomic mass is 16.4. The van der Waals surface area contributed by atoms with Crippen LogP contribution in [0.4, 0.5) is 0 Å². The summed E-state index contributed by atoms with van der Waals surface area (Å²) in [6, 6.07) is 0.976. The molecule has 3 amide bonds. The topological polar surface area (TPSA) is 220 Å². The van der Waals surface area contributed by atoms with Gasteiger partial charge in [0, 0.05) is 24.7 Å². The summed E-state index contributed by atoms with van der Waals surface area (Å²) in [6.45, 7) is 2.49. The molecule has 1 aromatic heterocycles. The number of aliphatic hydroxyl groups excluding tert-OH is 1. The minimum atomic E-state index is -1.48. The Morgan fingerprint density at radius 3 is 2.20 bits per heavy atom. The van der Waals surface area contributed by atoms with E-state index in [1.165, 1.54) is 38.5 Å². The number of phenols is 1. The monoisotopic (exact) mass is 490 g/mol. The molecule has 0 aliphatic rings. The number of carboxylic acids is 1. The number of aromatic amines is 1. The molecule has 1 heterocycles. The van der Waals surface area contributed by atoms with Crippen molar-refractivity contribution in [1.29, 1.82) is 0 Å². The zero-order valence-corrected chi connectivity index (χ0v) is 19.3. The van der Waals surface area contributed by atoms with Crippen molar-refractivity contribution in [2.24, 2.45) is 5.73 Å². The van der Waals surface area contributed by atoms with Gasteiger partial charge in [-0.2, -0.15) is 0 Å². The number of aliphatic hydroxyl groups is 1. The number of phenolic OH excluding ortho intramolecular Hbond substituents is 1. The Kier molecular flexibility index (Phi) is 9.73. The maximum atomic E-state index is 13.1. The van der Waals surface area contributed by atoms with Gasteiger partial charge in [0.25, 0.3) is 0 Å². The number of aromatic nitrogens is 2. The van der Waals surface area contributed by atoms with Crippen LogP contribution < -0.4 is 21.7 Å². The Labute approximate surface area is 201 Å². The number of aliphatic carboxylic acids is 1. The van der Waals surface area contributed by atoms with Crippen LogP contribution in [0.1, 0.15) is 25.1 Å². The highest BCUT2D eigenvalue weighted by Gasteiger charge is 2.32. The predicted octanol–water partition coefficient (Wildman–Crippen LogP) is -1.83. The SMILES string of the molecule is CC(NC(=O)C(NC(=O)C(Cc1ccc(O)cc1)NC(=O)C(N)Cc1cnc[nH]1)C(C)O)C(=O)O. The third-order valence-electron chi connectivity index (χ3n) is 5.13. The minimum Gasteiger partial charge on any atom is -0.508 e. The number of hydrogen-bond donors (Lipinski definition) is 8. The molecule has 1 aromatic carbocycles. The van der Waals surface area contributed by atoms with Crippen molar-refractivity contribution in [3.8, 4) is 5.75 Å². The van der Waals surface area contributed by atoms with Gasteiger partial charge in [-0.3, -0.25) is 19.2 Å². The number of carboxylic acid groups (broad SMARTS) is 1. The first-order valence-corrected chi connectivity index (χ1v) is 10.8. The van der Waals surface area contributed by atoms with Gasteiger partial charge in [0.1, 0.15) is 23.9 Å². The second-order valence-corrected chi connectivity index (χ2v) is 8.11. The molecule has 13 heteroatoms. The summed E-state index contributed by atoms with van der Waals surface area (Å²) in [6.07, 6.45) is 1.69. The van der Waals surface area contributed by atoms with Gasteiger partial charge in [-0.1, -0.05) is 12.1 Å². The fourth-order valence-corrected chi connectivity index (χ4v) is 3.11. The number of imidazole rings is 1. The van der Waals surface area contributed by atoms with E-state index in [9.17, 15) is 29.4 Å². The molecule has 0 fully saturated rings. The summed E-state index contributed by atoms with van der Waals surface area (Å²) < 4.78 is 0. The maximum absolute atomic E-state index is 13.1. The molecule has 0 spiro atoms. The van der Waals surface area contributed by atoms with E-state index >= 15 is 0 Å². The summed E-state index contributed by atoms with van der Waals surface area (Å²) >= 11 is 0. The number of H-pyrrole nitrogens is 1. The summed E-state index contributed by atoms with van der Waals surface area (Å²) in [5, 5.41) is 35.6. The van der Waals surface area contributed by atoms with Gasteiger partial charge in [-0.15, -0.1) is 0 Å². The van der Waals surface area contributed by atoms with Crippen LogP contribution in [0, 0.1) is 0 Å². The van der Waals surface area contributed by atoms with E-state index < -0.39 is 54.0 Å². The lowest BCUT2D eigenvalue weighted by Gasteiger charge is -2.26. The second-order valence-electron chi connectivity index (χ2n) is 8.11. The average molecular weight is 491 g/mol. The van der Waals surface area contributed by atoms with Crippen LogP contribution in [0.3, 0.4) is 0 Å². The van der Waals surface area contributed by atoms with Crippen LogP contribution in [0.5, 0.6) is 5.75 Å². The molecule has 0 radical (unpaired) electrons. The van der Waals surface area contributed by atoms with E-state index in [2.05, 4.69) is 25.9 Å². The van der Waals surface area contributed by atoms with Gasteiger partial charge in [0.05, 0.1) is 18.5 Å². The van der Waals surface area contributed by atoms with Crippen LogP contribution in [0.25, 0.3) is 0 Å². The Balaban J connectivity index is 2.18. The molecule has 0 saturated heterocycles. The van der Waals surface area contributed by atoms with E-state index in [4.69, 9.17) is 10.8 Å². The van der Waals surface area contributed by atoms with Crippen molar-refractivity contribution in [2.45, 2.75) is 57.0 Å². The molecule has 35 heavy (non-hydrogen) atoms. The maximum Gasteiger partial charge on any atom is 0.325 e. The van der Waals surface area contributed by atoms with Crippen molar-refractivity contribution in [1.82, 2.24) is 25.9 Å². The van der Waals surface area contributed by atoms with Crippen molar-refractivity contribution in [3.63, 3.8) is 0 Å². The fraction of sp³-hybridized carbons (Fsp3) is 0.409. The number of amides is 3. The highest BCUT2D eigenvalue weighted by molar-refractivity contribution is 5.94. The number of nitrogens with zero attached hydrogens (tertiary/aromatic N) is 1. The number of nitrogens with one attached hydrogen (secondary N) is 4. The van der Waals surface area contributed by atoms with Gasteiger partial charge < -0.3 is 42.0 Å². The first kappa shape index (κ1) is 27.3. The molecule has 190 valence electrons. The lowest BCUT2D eigenvalue weighted by Crippen LogP contribution is -2.60. The zero-order chi connectivity index (χ0) is 26.1. The highest BCUT2D eigenvalue weighted by Crippen LogP contribution is 2.12. The Morgan fingerprint density at radius 1 is 1.00 bits per heavy atom. The molecule has 2 aromatic rings. The minimum absolute atomic E-state index is 0.0127. The number of nitrogens with two attached hydrogens (primary N) is 1. The molecule has 0 bridgehead atoms. The Morgan fingerprint density at radius 2 is 1.66 bits per heavy atom. The summed E-state index contributed by atoms with van der Waals surface area (Å²) in [4.78, 5) is 56.0. The van der Waals surface area contributed by atoms with Gasteiger partial charge in [0.15, 0.2) is 0 Å². The molecule has 2 rings (SSSR count). The fourth-order valence-electron chi connectivity index (χ4n) is 3.11. The molecular weight excluding hydrogens is 460 g/mol. The molecular formula is C22H30N6O7. The normalized spacial score (nSPS) is 15.2.